The predicted molar refractivity (Wildman–Crippen MR) is 72.7 cm³/mol. The van der Waals surface area contributed by atoms with Crippen molar-refractivity contribution in [3.63, 3.8) is 0 Å². The summed E-state index contributed by atoms with van der Waals surface area (Å²) in [5.74, 6) is 0. The molecule has 98 valence electrons. The maximum absolute atomic E-state index is 10.8. The molecule has 6 heteroatoms. The lowest BCUT2D eigenvalue weighted by molar-refractivity contribution is 0.134. The Kier molecular flexibility index (Phi) is 4.19. The zero-order valence-electron chi connectivity index (χ0n) is 9.70. The number of nitrogens with zero attached hydrogens (tertiary/aromatic N) is 1. The van der Waals surface area contributed by atoms with Gasteiger partial charge in [-0.1, -0.05) is 23.2 Å². The normalized spacial score (nSPS) is 16.7. The number of hydrogen-bond acceptors (Lipinski definition) is 2. The Morgan fingerprint density at radius 3 is 2.50 bits per heavy atom. The molecule has 2 rings (SSSR count). The fraction of sp³-hybridized carbons (Fsp3) is 0.417. The van der Waals surface area contributed by atoms with E-state index in [1.165, 1.54) is 4.90 Å². The van der Waals surface area contributed by atoms with E-state index >= 15 is 0 Å². The minimum atomic E-state index is -0.844. The SMILES string of the molecule is O=C(O)N1CCC(Nc2ccc(Cl)c(Cl)c2)CC1. The van der Waals surface area contributed by atoms with Gasteiger partial charge in [-0.05, 0) is 31.0 Å². The number of nitrogens with one attached hydrogen (secondary N) is 1. The van der Waals surface area contributed by atoms with Crippen LogP contribution in [-0.4, -0.2) is 35.2 Å². The average Bonchev–Trinajstić information content (AvgIpc) is 2.34. The smallest absolute Gasteiger partial charge is 0.407 e. The second kappa shape index (κ2) is 5.67. The van der Waals surface area contributed by atoms with Gasteiger partial charge >= 0.3 is 6.09 Å². The summed E-state index contributed by atoms with van der Waals surface area (Å²) in [6.45, 7) is 1.13. The largest absolute Gasteiger partial charge is 0.465 e. The van der Waals surface area contributed by atoms with Gasteiger partial charge in [-0.25, -0.2) is 4.79 Å². The number of rotatable bonds is 2. The van der Waals surface area contributed by atoms with Crippen LogP contribution < -0.4 is 5.32 Å². The molecule has 0 aromatic heterocycles. The quantitative estimate of drug-likeness (QED) is 0.875. The van der Waals surface area contributed by atoms with E-state index in [1.807, 2.05) is 6.07 Å². The van der Waals surface area contributed by atoms with Crippen LogP contribution in [0.4, 0.5) is 10.5 Å². The first-order chi connectivity index (χ1) is 8.56. The monoisotopic (exact) mass is 288 g/mol. The van der Waals surface area contributed by atoms with Gasteiger partial charge in [0.15, 0.2) is 0 Å². The average molecular weight is 289 g/mol. The van der Waals surface area contributed by atoms with Crippen LogP contribution in [0, 0.1) is 0 Å². The highest BCUT2D eigenvalue weighted by Gasteiger charge is 2.21. The molecular weight excluding hydrogens is 275 g/mol. The maximum Gasteiger partial charge on any atom is 0.407 e. The molecule has 1 fully saturated rings. The molecule has 0 aliphatic carbocycles. The van der Waals surface area contributed by atoms with Gasteiger partial charge in [0.2, 0.25) is 0 Å². The first-order valence-corrected chi connectivity index (χ1v) is 6.51. The molecule has 0 unspecified atom stereocenters. The number of benzene rings is 1. The molecule has 1 aliphatic rings. The fourth-order valence-corrected chi connectivity index (χ4v) is 2.33. The van der Waals surface area contributed by atoms with Crippen LogP contribution in [0.1, 0.15) is 12.8 Å². The molecule has 1 saturated heterocycles. The van der Waals surface area contributed by atoms with Crippen molar-refractivity contribution in [2.24, 2.45) is 0 Å². The lowest BCUT2D eigenvalue weighted by Crippen LogP contribution is -2.41. The number of carbonyl (C=O) groups is 1. The minimum absolute atomic E-state index is 0.276. The second-order valence-electron chi connectivity index (χ2n) is 4.32. The third kappa shape index (κ3) is 3.21. The van der Waals surface area contributed by atoms with Crippen molar-refractivity contribution < 1.29 is 9.90 Å². The number of halogens is 2. The van der Waals surface area contributed by atoms with E-state index in [2.05, 4.69) is 5.32 Å². The van der Waals surface area contributed by atoms with Gasteiger partial charge in [0, 0.05) is 24.8 Å². The zero-order chi connectivity index (χ0) is 13.1. The lowest BCUT2D eigenvalue weighted by Gasteiger charge is -2.31. The van der Waals surface area contributed by atoms with Gasteiger partial charge in [0.25, 0.3) is 0 Å². The molecule has 18 heavy (non-hydrogen) atoms. The fourth-order valence-electron chi connectivity index (χ4n) is 2.04. The van der Waals surface area contributed by atoms with Crippen LogP contribution in [0.25, 0.3) is 0 Å². The van der Waals surface area contributed by atoms with Crippen molar-refractivity contribution >= 4 is 35.0 Å². The standard InChI is InChI=1S/C12H14Cl2N2O2/c13-10-2-1-9(7-11(10)14)15-8-3-5-16(6-4-8)12(17)18/h1-2,7-8,15H,3-6H2,(H,17,18). The Balaban J connectivity index is 1.91. The molecule has 1 aliphatic heterocycles. The number of piperidine rings is 1. The summed E-state index contributed by atoms with van der Waals surface area (Å²) in [5.41, 5.74) is 0.915. The van der Waals surface area contributed by atoms with Crippen molar-refractivity contribution in [1.82, 2.24) is 4.90 Å². The van der Waals surface area contributed by atoms with Crippen LogP contribution in [0.3, 0.4) is 0 Å². The highest BCUT2D eigenvalue weighted by molar-refractivity contribution is 6.42. The minimum Gasteiger partial charge on any atom is -0.465 e. The van der Waals surface area contributed by atoms with E-state index < -0.39 is 6.09 Å². The molecular formula is C12H14Cl2N2O2. The summed E-state index contributed by atoms with van der Waals surface area (Å²) in [5, 5.41) is 13.2. The van der Waals surface area contributed by atoms with Gasteiger partial charge in [0.1, 0.15) is 0 Å². The molecule has 0 spiro atoms. The summed E-state index contributed by atoms with van der Waals surface area (Å²) in [6, 6.07) is 5.68. The van der Waals surface area contributed by atoms with E-state index in [-0.39, 0.29) is 6.04 Å². The maximum atomic E-state index is 10.8. The zero-order valence-corrected chi connectivity index (χ0v) is 11.2. The van der Waals surface area contributed by atoms with E-state index in [1.54, 1.807) is 12.1 Å². The number of anilines is 1. The molecule has 1 amide bonds. The summed E-state index contributed by atoms with van der Waals surface area (Å²) in [7, 11) is 0. The Hall–Kier alpha value is -1.13. The first-order valence-electron chi connectivity index (χ1n) is 5.75. The molecule has 0 atom stereocenters. The summed E-state index contributed by atoms with van der Waals surface area (Å²) in [4.78, 5) is 12.2. The van der Waals surface area contributed by atoms with Gasteiger partial charge < -0.3 is 15.3 Å². The van der Waals surface area contributed by atoms with Gasteiger partial charge in [0.05, 0.1) is 10.0 Å². The van der Waals surface area contributed by atoms with E-state index in [0.717, 1.165) is 18.5 Å². The van der Waals surface area contributed by atoms with Crippen molar-refractivity contribution in [2.75, 3.05) is 18.4 Å². The molecule has 1 aromatic carbocycles. The van der Waals surface area contributed by atoms with Crippen LogP contribution in [-0.2, 0) is 0 Å². The summed E-state index contributed by atoms with van der Waals surface area (Å²) < 4.78 is 0. The molecule has 2 N–H and O–H groups in total. The van der Waals surface area contributed by atoms with Crippen LogP contribution in [0.2, 0.25) is 10.0 Å². The first kappa shape index (κ1) is 13.3. The number of likely N-dealkylation sites (tertiary alicyclic amines) is 1. The Morgan fingerprint density at radius 2 is 1.94 bits per heavy atom. The van der Waals surface area contributed by atoms with Crippen LogP contribution in [0.5, 0.6) is 0 Å². The van der Waals surface area contributed by atoms with E-state index in [4.69, 9.17) is 28.3 Å². The second-order valence-corrected chi connectivity index (χ2v) is 5.13. The highest BCUT2D eigenvalue weighted by Crippen LogP contribution is 2.26. The number of hydrogen-bond donors (Lipinski definition) is 2. The van der Waals surface area contributed by atoms with Crippen molar-refractivity contribution in [3.05, 3.63) is 28.2 Å². The van der Waals surface area contributed by atoms with Crippen molar-refractivity contribution in [3.8, 4) is 0 Å². The van der Waals surface area contributed by atoms with Gasteiger partial charge in [-0.2, -0.15) is 0 Å². The summed E-state index contributed by atoms with van der Waals surface area (Å²) in [6.07, 6.45) is 0.752. The molecule has 1 aromatic rings. The predicted octanol–water partition coefficient (Wildman–Crippen LogP) is 3.55. The number of amides is 1. The van der Waals surface area contributed by atoms with Gasteiger partial charge in [-0.15, -0.1) is 0 Å². The van der Waals surface area contributed by atoms with Gasteiger partial charge in [-0.3, -0.25) is 0 Å². The molecule has 4 nitrogen and oxygen atoms in total. The molecule has 0 bridgehead atoms. The van der Waals surface area contributed by atoms with Crippen molar-refractivity contribution in [1.29, 1.82) is 0 Å². The Labute approximate surface area is 115 Å². The highest BCUT2D eigenvalue weighted by atomic mass is 35.5. The molecule has 0 saturated carbocycles. The van der Waals surface area contributed by atoms with Crippen LogP contribution in [0.15, 0.2) is 18.2 Å². The Bertz CT molecular complexity index is 446. The molecule has 1 heterocycles. The van der Waals surface area contributed by atoms with E-state index in [0.29, 0.717) is 23.1 Å². The summed E-state index contributed by atoms with van der Waals surface area (Å²) >= 11 is 11.8. The third-order valence-electron chi connectivity index (χ3n) is 3.06. The van der Waals surface area contributed by atoms with E-state index in [9.17, 15) is 4.79 Å². The number of carboxylic acid groups (broad SMARTS) is 1. The van der Waals surface area contributed by atoms with Crippen molar-refractivity contribution in [2.45, 2.75) is 18.9 Å². The molecule has 0 radical (unpaired) electrons. The third-order valence-corrected chi connectivity index (χ3v) is 3.79. The lowest BCUT2D eigenvalue weighted by atomic mass is 10.1. The van der Waals surface area contributed by atoms with Crippen LogP contribution >= 0.6 is 23.2 Å². The Morgan fingerprint density at radius 1 is 1.28 bits per heavy atom. The topological polar surface area (TPSA) is 52.6 Å².